The highest BCUT2D eigenvalue weighted by Crippen LogP contribution is 2.18. The SMILES string of the molecule is O=C(Cn1cc(-c2ccc(F)cc2)oc1=O)NCc1ccc(F)c(Cl)c1. The maximum Gasteiger partial charge on any atom is 0.419 e. The second-order valence-electron chi connectivity index (χ2n) is 5.52. The minimum atomic E-state index is -0.704. The number of amides is 1. The predicted octanol–water partition coefficient (Wildman–Crippen LogP) is 3.36. The van der Waals surface area contributed by atoms with E-state index in [-0.39, 0.29) is 23.9 Å². The second kappa shape index (κ2) is 7.53. The average molecular weight is 379 g/mol. The van der Waals surface area contributed by atoms with Crippen LogP contribution in [0.15, 0.2) is 57.9 Å². The van der Waals surface area contributed by atoms with E-state index in [1.165, 1.54) is 48.7 Å². The number of benzene rings is 2. The van der Waals surface area contributed by atoms with Crippen LogP contribution in [0.2, 0.25) is 5.02 Å². The smallest absolute Gasteiger partial charge is 0.408 e. The molecule has 1 heterocycles. The van der Waals surface area contributed by atoms with Crippen molar-refractivity contribution in [1.29, 1.82) is 0 Å². The van der Waals surface area contributed by atoms with Gasteiger partial charge in [0.15, 0.2) is 5.76 Å². The van der Waals surface area contributed by atoms with Gasteiger partial charge in [-0.1, -0.05) is 17.7 Å². The first-order valence-corrected chi connectivity index (χ1v) is 7.97. The zero-order valence-corrected chi connectivity index (χ0v) is 14.1. The monoisotopic (exact) mass is 378 g/mol. The predicted molar refractivity (Wildman–Crippen MR) is 91.6 cm³/mol. The number of halogens is 3. The fourth-order valence-corrected chi connectivity index (χ4v) is 2.50. The number of aromatic nitrogens is 1. The maximum absolute atomic E-state index is 13.1. The van der Waals surface area contributed by atoms with Gasteiger partial charge in [0, 0.05) is 12.1 Å². The van der Waals surface area contributed by atoms with Crippen LogP contribution >= 0.6 is 11.6 Å². The molecule has 0 radical (unpaired) electrons. The summed E-state index contributed by atoms with van der Waals surface area (Å²) in [5.41, 5.74) is 1.14. The molecule has 3 aromatic rings. The van der Waals surface area contributed by atoms with Gasteiger partial charge in [0.2, 0.25) is 5.91 Å². The number of rotatable bonds is 5. The number of hydrogen-bond acceptors (Lipinski definition) is 3. The molecule has 26 heavy (non-hydrogen) atoms. The summed E-state index contributed by atoms with van der Waals surface area (Å²) < 4.78 is 32.2. The molecule has 1 aromatic heterocycles. The Morgan fingerprint density at radius 3 is 2.58 bits per heavy atom. The molecule has 0 aliphatic carbocycles. The van der Waals surface area contributed by atoms with E-state index in [0.717, 1.165) is 4.57 Å². The Morgan fingerprint density at radius 2 is 1.88 bits per heavy atom. The van der Waals surface area contributed by atoms with Gasteiger partial charge in [-0.3, -0.25) is 9.36 Å². The summed E-state index contributed by atoms with van der Waals surface area (Å²) in [6, 6.07) is 9.54. The highest BCUT2D eigenvalue weighted by atomic mass is 35.5. The number of nitrogens with zero attached hydrogens (tertiary/aromatic N) is 1. The molecular formula is C18H13ClF2N2O3. The molecule has 5 nitrogen and oxygen atoms in total. The molecule has 0 saturated carbocycles. The number of oxazole rings is 1. The summed E-state index contributed by atoms with van der Waals surface area (Å²) in [7, 11) is 0. The van der Waals surface area contributed by atoms with Gasteiger partial charge in [-0.2, -0.15) is 0 Å². The number of nitrogens with one attached hydrogen (secondary N) is 1. The van der Waals surface area contributed by atoms with Crippen molar-refractivity contribution in [3.05, 3.63) is 81.4 Å². The molecule has 2 aromatic carbocycles. The molecule has 0 aliphatic heterocycles. The fraction of sp³-hybridized carbons (Fsp3) is 0.111. The molecule has 1 N–H and O–H groups in total. The van der Waals surface area contributed by atoms with E-state index in [2.05, 4.69) is 5.32 Å². The lowest BCUT2D eigenvalue weighted by Crippen LogP contribution is -2.30. The molecule has 3 rings (SSSR count). The zero-order valence-electron chi connectivity index (χ0n) is 13.3. The highest BCUT2D eigenvalue weighted by Gasteiger charge is 2.12. The molecular weight excluding hydrogens is 366 g/mol. The van der Waals surface area contributed by atoms with E-state index in [4.69, 9.17) is 16.0 Å². The molecule has 0 saturated heterocycles. The third-order valence-corrected chi connectivity index (χ3v) is 3.91. The minimum Gasteiger partial charge on any atom is -0.408 e. The van der Waals surface area contributed by atoms with Crippen molar-refractivity contribution < 1.29 is 18.0 Å². The van der Waals surface area contributed by atoms with E-state index in [9.17, 15) is 18.4 Å². The van der Waals surface area contributed by atoms with Crippen molar-refractivity contribution in [2.45, 2.75) is 13.1 Å². The van der Waals surface area contributed by atoms with Crippen LogP contribution in [-0.4, -0.2) is 10.5 Å². The van der Waals surface area contributed by atoms with Gasteiger partial charge in [-0.15, -0.1) is 0 Å². The van der Waals surface area contributed by atoms with Crippen LogP contribution in [0.5, 0.6) is 0 Å². The van der Waals surface area contributed by atoms with E-state index in [1.54, 1.807) is 0 Å². The fourth-order valence-electron chi connectivity index (χ4n) is 2.29. The van der Waals surface area contributed by atoms with E-state index in [1.807, 2.05) is 0 Å². The first-order chi connectivity index (χ1) is 12.4. The van der Waals surface area contributed by atoms with Crippen LogP contribution < -0.4 is 11.1 Å². The summed E-state index contributed by atoms with van der Waals surface area (Å²) in [6.45, 7) is -0.116. The average Bonchev–Trinajstić information content (AvgIpc) is 2.97. The lowest BCUT2D eigenvalue weighted by Gasteiger charge is -2.06. The zero-order chi connectivity index (χ0) is 18.7. The van der Waals surface area contributed by atoms with Crippen LogP contribution in [-0.2, 0) is 17.9 Å². The molecule has 134 valence electrons. The molecule has 0 atom stereocenters. The number of hydrogen-bond donors (Lipinski definition) is 1. The summed E-state index contributed by atoms with van der Waals surface area (Å²) in [5.74, 6) is -1.85. The van der Waals surface area contributed by atoms with Gasteiger partial charge in [0.25, 0.3) is 0 Å². The molecule has 0 unspecified atom stereocenters. The summed E-state index contributed by atoms with van der Waals surface area (Å²) in [4.78, 5) is 23.9. The Kier molecular flexibility index (Phi) is 5.18. The molecule has 0 aliphatic rings. The lowest BCUT2D eigenvalue weighted by molar-refractivity contribution is -0.121. The molecule has 1 amide bonds. The lowest BCUT2D eigenvalue weighted by atomic mass is 10.2. The molecule has 0 bridgehead atoms. The Bertz CT molecular complexity index is 996. The van der Waals surface area contributed by atoms with Crippen molar-refractivity contribution in [1.82, 2.24) is 9.88 Å². The first-order valence-electron chi connectivity index (χ1n) is 7.59. The normalized spacial score (nSPS) is 10.7. The van der Waals surface area contributed by atoms with Gasteiger partial charge in [-0.25, -0.2) is 13.6 Å². The van der Waals surface area contributed by atoms with Crippen molar-refractivity contribution in [3.8, 4) is 11.3 Å². The van der Waals surface area contributed by atoms with Crippen molar-refractivity contribution >= 4 is 17.5 Å². The summed E-state index contributed by atoms with van der Waals surface area (Å²) in [5, 5.41) is 2.57. The van der Waals surface area contributed by atoms with Gasteiger partial charge in [-0.05, 0) is 42.0 Å². The van der Waals surface area contributed by atoms with Crippen molar-refractivity contribution in [2.24, 2.45) is 0 Å². The Morgan fingerprint density at radius 1 is 1.15 bits per heavy atom. The molecule has 8 heteroatoms. The van der Waals surface area contributed by atoms with Gasteiger partial charge >= 0.3 is 5.76 Å². The Labute approximate surface area is 151 Å². The summed E-state index contributed by atoms with van der Waals surface area (Å²) in [6.07, 6.45) is 1.38. The Hall–Kier alpha value is -2.93. The number of carbonyl (C=O) groups excluding carboxylic acids is 1. The van der Waals surface area contributed by atoms with E-state index < -0.39 is 23.3 Å². The minimum absolute atomic E-state index is 0.0354. The van der Waals surface area contributed by atoms with Gasteiger partial charge < -0.3 is 9.73 Å². The molecule has 0 fully saturated rings. The van der Waals surface area contributed by atoms with Gasteiger partial charge in [0.05, 0.1) is 11.2 Å². The summed E-state index contributed by atoms with van der Waals surface area (Å²) >= 11 is 5.68. The third kappa shape index (κ3) is 4.18. The van der Waals surface area contributed by atoms with E-state index >= 15 is 0 Å². The van der Waals surface area contributed by atoms with Crippen LogP contribution in [0.1, 0.15) is 5.56 Å². The van der Waals surface area contributed by atoms with Crippen molar-refractivity contribution in [2.75, 3.05) is 0 Å². The van der Waals surface area contributed by atoms with Gasteiger partial charge in [0.1, 0.15) is 18.2 Å². The first kappa shape index (κ1) is 17.9. The topological polar surface area (TPSA) is 64.2 Å². The van der Waals surface area contributed by atoms with Crippen LogP contribution in [0, 0.1) is 11.6 Å². The highest BCUT2D eigenvalue weighted by molar-refractivity contribution is 6.30. The third-order valence-electron chi connectivity index (χ3n) is 3.62. The second-order valence-corrected chi connectivity index (χ2v) is 5.93. The van der Waals surface area contributed by atoms with Crippen LogP contribution in [0.25, 0.3) is 11.3 Å². The quantitative estimate of drug-likeness (QED) is 0.740. The largest absolute Gasteiger partial charge is 0.419 e. The van der Waals surface area contributed by atoms with E-state index in [0.29, 0.717) is 11.1 Å². The van der Waals surface area contributed by atoms with Crippen molar-refractivity contribution in [3.63, 3.8) is 0 Å². The molecule has 0 spiro atoms. The Balaban J connectivity index is 1.65. The standard InChI is InChI=1S/C18H13ClF2N2O3/c19-14-7-11(1-6-15(14)21)8-22-17(24)10-23-9-16(26-18(23)25)12-2-4-13(20)5-3-12/h1-7,9H,8,10H2,(H,22,24). The van der Waals surface area contributed by atoms with Crippen LogP contribution in [0.3, 0.4) is 0 Å². The van der Waals surface area contributed by atoms with Crippen LogP contribution in [0.4, 0.5) is 8.78 Å². The number of carbonyl (C=O) groups is 1. The maximum atomic E-state index is 13.1.